The van der Waals surface area contributed by atoms with E-state index in [2.05, 4.69) is 9.80 Å². The lowest BCUT2D eigenvalue weighted by atomic mass is 10.3. The summed E-state index contributed by atoms with van der Waals surface area (Å²) in [5, 5.41) is 92.2. The molecule has 0 bridgehead atoms. The van der Waals surface area contributed by atoms with Gasteiger partial charge in [0.2, 0.25) is 0 Å². The van der Waals surface area contributed by atoms with Crippen molar-refractivity contribution in [2.45, 2.75) is 31.5 Å². The Kier molecular flexibility index (Phi) is 16.5. The fourth-order valence-corrected chi connectivity index (χ4v) is 4.05. The lowest BCUT2D eigenvalue weighted by molar-refractivity contribution is -0.0982. The maximum absolute atomic E-state index is 9.42. The zero-order chi connectivity index (χ0) is 26.4. The van der Waals surface area contributed by atoms with Crippen molar-refractivity contribution in [1.82, 2.24) is 24.5 Å². The fourth-order valence-electron chi connectivity index (χ4n) is 4.05. The summed E-state index contributed by atoms with van der Waals surface area (Å²) >= 11 is 0. The lowest BCUT2D eigenvalue weighted by Crippen LogP contribution is -2.51. The van der Waals surface area contributed by atoms with Gasteiger partial charge >= 0.3 is 0 Å². The molecule has 0 aromatic heterocycles. The molecule has 1 heterocycles. The van der Waals surface area contributed by atoms with E-state index in [9.17, 15) is 30.6 Å². The number of aliphatic hydroxyl groups excluding tert-OH is 5. The van der Waals surface area contributed by atoms with E-state index in [0.29, 0.717) is 32.7 Å². The molecule has 1 aliphatic rings. The standard InChI is InChI=1S/C20H45N5O10/c26-16(27)11-23(8-10-25(14-19(32)33)15-20(34)35)7-5-21-1-3-22(4-2-21)6-9-24(12-17(28)29)13-18(30)31/h16-20,26-35H,1-15H2. The SMILES string of the molecule is OC(O)CN(CCN1CCN(CCN(CC(O)O)CC(O)O)CC1)CCN(CC(O)O)CC(O)O. The minimum atomic E-state index is -1.63. The number of hydrogen-bond acceptors (Lipinski definition) is 15. The first kappa shape index (κ1) is 32.4. The van der Waals surface area contributed by atoms with E-state index < -0.39 is 31.5 Å². The van der Waals surface area contributed by atoms with Crippen LogP contribution in [0.1, 0.15) is 0 Å². The summed E-state index contributed by atoms with van der Waals surface area (Å²) in [7, 11) is 0. The van der Waals surface area contributed by atoms with Crippen LogP contribution in [0.3, 0.4) is 0 Å². The number of aliphatic hydroxyl groups is 10. The monoisotopic (exact) mass is 515 g/mol. The number of rotatable bonds is 19. The van der Waals surface area contributed by atoms with Gasteiger partial charge in [0.05, 0.1) is 0 Å². The zero-order valence-electron chi connectivity index (χ0n) is 20.2. The van der Waals surface area contributed by atoms with E-state index in [4.69, 9.17) is 20.4 Å². The second kappa shape index (κ2) is 17.8. The Morgan fingerprint density at radius 3 is 1.00 bits per heavy atom. The van der Waals surface area contributed by atoms with Crippen molar-refractivity contribution in [3.05, 3.63) is 0 Å². The third-order valence-electron chi connectivity index (χ3n) is 5.77. The first-order valence-electron chi connectivity index (χ1n) is 11.9. The summed E-state index contributed by atoms with van der Waals surface area (Å²) in [5.74, 6) is 0. The average Bonchev–Trinajstić information content (AvgIpc) is 2.72. The maximum Gasteiger partial charge on any atom is 0.164 e. The van der Waals surface area contributed by atoms with Crippen molar-refractivity contribution < 1.29 is 51.1 Å². The molecule has 1 saturated heterocycles. The van der Waals surface area contributed by atoms with Gasteiger partial charge in [0.25, 0.3) is 0 Å². The molecule has 10 N–H and O–H groups in total. The molecule has 0 spiro atoms. The van der Waals surface area contributed by atoms with Crippen molar-refractivity contribution in [1.29, 1.82) is 0 Å². The molecule has 1 fully saturated rings. The highest BCUT2D eigenvalue weighted by Crippen LogP contribution is 2.05. The van der Waals surface area contributed by atoms with E-state index >= 15 is 0 Å². The molecule has 35 heavy (non-hydrogen) atoms. The van der Waals surface area contributed by atoms with Crippen LogP contribution in [0, 0.1) is 0 Å². The third-order valence-corrected chi connectivity index (χ3v) is 5.77. The molecule has 0 saturated carbocycles. The number of hydrogen-bond donors (Lipinski definition) is 10. The average molecular weight is 516 g/mol. The fraction of sp³-hybridized carbons (Fsp3) is 1.00. The van der Waals surface area contributed by atoms with E-state index in [1.54, 1.807) is 4.90 Å². The highest BCUT2D eigenvalue weighted by Gasteiger charge is 2.21. The highest BCUT2D eigenvalue weighted by molar-refractivity contribution is 4.75. The normalized spacial score (nSPS) is 16.6. The topological polar surface area (TPSA) is 218 Å². The molecule has 0 unspecified atom stereocenters. The zero-order valence-corrected chi connectivity index (χ0v) is 20.2. The van der Waals surface area contributed by atoms with Crippen LogP contribution in [0.2, 0.25) is 0 Å². The molecule has 15 heteroatoms. The Hall–Kier alpha value is -0.600. The number of piperazine rings is 1. The molecule has 0 amide bonds. The van der Waals surface area contributed by atoms with Crippen molar-refractivity contribution in [3.63, 3.8) is 0 Å². The van der Waals surface area contributed by atoms with Gasteiger partial charge in [-0.15, -0.1) is 0 Å². The summed E-state index contributed by atoms with van der Waals surface area (Å²) in [6.07, 6.45) is -7.90. The molecular formula is C20H45N5O10. The maximum atomic E-state index is 9.42. The van der Waals surface area contributed by atoms with Crippen LogP contribution in [0.5, 0.6) is 0 Å². The van der Waals surface area contributed by atoms with Crippen LogP contribution >= 0.6 is 0 Å². The lowest BCUT2D eigenvalue weighted by Gasteiger charge is -2.37. The Bertz CT molecular complexity index is 505. The molecule has 0 aromatic rings. The van der Waals surface area contributed by atoms with E-state index in [0.717, 1.165) is 26.2 Å². The van der Waals surface area contributed by atoms with Gasteiger partial charge in [0.1, 0.15) is 0 Å². The van der Waals surface area contributed by atoms with Crippen LogP contribution < -0.4 is 0 Å². The molecule has 0 radical (unpaired) electrons. The second-order valence-corrected chi connectivity index (χ2v) is 8.91. The Morgan fingerprint density at radius 1 is 0.400 bits per heavy atom. The largest absolute Gasteiger partial charge is 0.367 e. The van der Waals surface area contributed by atoms with Gasteiger partial charge in [-0.05, 0) is 0 Å². The predicted molar refractivity (Wildman–Crippen MR) is 123 cm³/mol. The molecule has 0 aromatic carbocycles. The van der Waals surface area contributed by atoms with Crippen LogP contribution in [0.25, 0.3) is 0 Å². The van der Waals surface area contributed by atoms with Gasteiger partial charge in [-0.2, -0.15) is 0 Å². The van der Waals surface area contributed by atoms with Crippen LogP contribution in [-0.2, 0) is 0 Å². The minimum Gasteiger partial charge on any atom is -0.367 e. The smallest absolute Gasteiger partial charge is 0.164 e. The number of nitrogens with zero attached hydrogens (tertiary/aromatic N) is 5. The molecule has 210 valence electrons. The summed E-state index contributed by atoms with van der Waals surface area (Å²) in [5.41, 5.74) is 0. The molecule has 0 aliphatic carbocycles. The van der Waals surface area contributed by atoms with Gasteiger partial charge in [0.15, 0.2) is 31.5 Å². The Morgan fingerprint density at radius 2 is 0.657 bits per heavy atom. The first-order chi connectivity index (χ1) is 16.4. The van der Waals surface area contributed by atoms with Gasteiger partial charge in [-0.3, -0.25) is 24.5 Å². The van der Waals surface area contributed by atoms with Crippen LogP contribution in [0.15, 0.2) is 0 Å². The van der Waals surface area contributed by atoms with Gasteiger partial charge in [-0.25, -0.2) is 0 Å². The van der Waals surface area contributed by atoms with E-state index in [1.165, 1.54) is 4.90 Å². The molecule has 15 nitrogen and oxygen atoms in total. The van der Waals surface area contributed by atoms with E-state index in [1.807, 2.05) is 4.90 Å². The van der Waals surface area contributed by atoms with Crippen molar-refractivity contribution in [2.75, 3.05) is 98.2 Å². The van der Waals surface area contributed by atoms with Gasteiger partial charge in [0, 0.05) is 98.2 Å². The molecule has 1 rings (SSSR count). The Labute approximate surface area is 205 Å². The van der Waals surface area contributed by atoms with Crippen molar-refractivity contribution >= 4 is 0 Å². The quantitative estimate of drug-likeness (QED) is 0.0723. The summed E-state index contributed by atoms with van der Waals surface area (Å²) in [6.45, 7) is 5.56. The minimum absolute atomic E-state index is 0.000410. The summed E-state index contributed by atoms with van der Waals surface area (Å²) < 4.78 is 0. The van der Waals surface area contributed by atoms with Crippen LogP contribution in [0.4, 0.5) is 0 Å². The second-order valence-electron chi connectivity index (χ2n) is 8.91. The molecule has 0 atom stereocenters. The molecule has 1 aliphatic heterocycles. The first-order valence-corrected chi connectivity index (χ1v) is 11.9. The van der Waals surface area contributed by atoms with Gasteiger partial charge in [-0.1, -0.05) is 0 Å². The Balaban J connectivity index is 2.43. The van der Waals surface area contributed by atoms with Crippen molar-refractivity contribution in [2.24, 2.45) is 0 Å². The predicted octanol–water partition coefficient (Wildman–Crippen LogP) is -6.94. The summed E-state index contributed by atoms with van der Waals surface area (Å²) in [6, 6.07) is 0. The molecular weight excluding hydrogens is 470 g/mol. The summed E-state index contributed by atoms with van der Waals surface area (Å²) in [4.78, 5) is 9.29. The third kappa shape index (κ3) is 16.7. The van der Waals surface area contributed by atoms with E-state index in [-0.39, 0.29) is 39.3 Å². The van der Waals surface area contributed by atoms with Crippen LogP contribution in [-0.4, -0.2) is 205 Å². The van der Waals surface area contributed by atoms with Crippen molar-refractivity contribution in [3.8, 4) is 0 Å². The highest BCUT2D eigenvalue weighted by atomic mass is 16.5. The van der Waals surface area contributed by atoms with Gasteiger partial charge < -0.3 is 51.1 Å².